The van der Waals surface area contributed by atoms with Crippen molar-refractivity contribution in [3.05, 3.63) is 17.7 Å². The monoisotopic (exact) mass is 379 g/mol. The Kier molecular flexibility index (Phi) is 7.74. The molecule has 7 nitrogen and oxygen atoms in total. The lowest BCUT2D eigenvalue weighted by Gasteiger charge is -2.36. The van der Waals surface area contributed by atoms with E-state index in [9.17, 15) is 4.79 Å². The Hall–Kier alpha value is -1.99. The molecule has 1 aliphatic rings. The highest BCUT2D eigenvalue weighted by atomic mass is 16.5. The molecule has 0 aliphatic carbocycles. The van der Waals surface area contributed by atoms with Crippen molar-refractivity contribution >= 4 is 5.91 Å². The third kappa shape index (κ3) is 5.05. The molecular formula is C20H33N3O4. The molecule has 0 aromatic heterocycles. The van der Waals surface area contributed by atoms with E-state index in [0.717, 1.165) is 31.6 Å². The SMILES string of the molecule is CCC(C)C(N)C(=O)N1CCN(Cc2cc(OC)c(OC)c(OC)c2)CC1. The Bertz CT molecular complexity index is 605. The maximum atomic E-state index is 12.5. The largest absolute Gasteiger partial charge is 0.493 e. The number of hydrogen-bond donors (Lipinski definition) is 1. The predicted molar refractivity (Wildman–Crippen MR) is 105 cm³/mol. The van der Waals surface area contributed by atoms with E-state index in [1.54, 1.807) is 21.3 Å². The average Bonchev–Trinajstić information content (AvgIpc) is 2.71. The molecule has 0 spiro atoms. The van der Waals surface area contributed by atoms with Crippen LogP contribution in [0, 0.1) is 5.92 Å². The van der Waals surface area contributed by atoms with E-state index in [1.165, 1.54) is 0 Å². The van der Waals surface area contributed by atoms with Crippen molar-refractivity contribution in [3.8, 4) is 17.2 Å². The van der Waals surface area contributed by atoms with Crippen molar-refractivity contribution in [1.82, 2.24) is 9.80 Å². The van der Waals surface area contributed by atoms with E-state index in [2.05, 4.69) is 11.8 Å². The molecule has 2 unspecified atom stereocenters. The van der Waals surface area contributed by atoms with E-state index in [4.69, 9.17) is 19.9 Å². The van der Waals surface area contributed by atoms with Gasteiger partial charge in [-0.25, -0.2) is 0 Å². The number of rotatable bonds is 8. The van der Waals surface area contributed by atoms with Gasteiger partial charge < -0.3 is 24.8 Å². The standard InChI is InChI=1S/C20H33N3O4/c1-6-14(2)18(21)20(24)23-9-7-22(8-10-23)13-15-11-16(25-3)19(27-5)17(12-15)26-4/h11-12,14,18H,6-10,13,21H2,1-5H3. The Morgan fingerprint density at radius 1 is 1.07 bits per heavy atom. The van der Waals surface area contributed by atoms with Crippen molar-refractivity contribution in [2.75, 3.05) is 47.5 Å². The number of benzene rings is 1. The Morgan fingerprint density at radius 2 is 1.63 bits per heavy atom. The fraction of sp³-hybridized carbons (Fsp3) is 0.650. The molecule has 1 aromatic rings. The van der Waals surface area contributed by atoms with Gasteiger partial charge in [-0.2, -0.15) is 0 Å². The van der Waals surface area contributed by atoms with Crippen LogP contribution < -0.4 is 19.9 Å². The van der Waals surface area contributed by atoms with E-state index in [0.29, 0.717) is 30.3 Å². The number of hydrogen-bond acceptors (Lipinski definition) is 6. The molecule has 1 heterocycles. The van der Waals surface area contributed by atoms with Crippen molar-refractivity contribution in [2.24, 2.45) is 11.7 Å². The summed E-state index contributed by atoms with van der Waals surface area (Å²) in [6.45, 7) is 7.89. The summed E-state index contributed by atoms with van der Waals surface area (Å²) in [5, 5.41) is 0. The lowest BCUT2D eigenvalue weighted by atomic mass is 9.98. The van der Waals surface area contributed by atoms with Crippen LogP contribution in [0.25, 0.3) is 0 Å². The number of nitrogens with two attached hydrogens (primary N) is 1. The van der Waals surface area contributed by atoms with E-state index >= 15 is 0 Å². The minimum atomic E-state index is -0.406. The first kappa shape index (κ1) is 21.3. The van der Waals surface area contributed by atoms with Gasteiger partial charge in [0.1, 0.15) is 0 Å². The third-order valence-corrected chi connectivity index (χ3v) is 5.36. The number of carbonyl (C=O) groups excluding carboxylic acids is 1. The molecule has 2 N–H and O–H groups in total. The van der Waals surface area contributed by atoms with Gasteiger partial charge >= 0.3 is 0 Å². The van der Waals surface area contributed by atoms with Crippen molar-refractivity contribution < 1.29 is 19.0 Å². The summed E-state index contributed by atoms with van der Waals surface area (Å²) in [5.74, 6) is 2.17. The minimum absolute atomic E-state index is 0.0665. The summed E-state index contributed by atoms with van der Waals surface area (Å²) < 4.78 is 16.2. The number of piperazine rings is 1. The van der Waals surface area contributed by atoms with Gasteiger partial charge in [0.05, 0.1) is 27.4 Å². The number of methoxy groups -OCH3 is 3. The minimum Gasteiger partial charge on any atom is -0.493 e. The number of ether oxygens (including phenoxy) is 3. The zero-order chi connectivity index (χ0) is 20.0. The first-order valence-electron chi connectivity index (χ1n) is 9.50. The van der Waals surface area contributed by atoms with Gasteiger partial charge in [-0.05, 0) is 23.6 Å². The van der Waals surface area contributed by atoms with Crippen molar-refractivity contribution in [2.45, 2.75) is 32.9 Å². The summed E-state index contributed by atoms with van der Waals surface area (Å²) in [6.07, 6.45) is 0.911. The second-order valence-electron chi connectivity index (χ2n) is 7.05. The first-order chi connectivity index (χ1) is 12.9. The highest BCUT2D eigenvalue weighted by molar-refractivity contribution is 5.82. The number of nitrogens with zero attached hydrogens (tertiary/aromatic N) is 2. The molecule has 7 heteroatoms. The molecule has 152 valence electrons. The van der Waals surface area contributed by atoms with E-state index in [1.807, 2.05) is 24.0 Å². The molecule has 0 saturated carbocycles. The number of amides is 1. The van der Waals surface area contributed by atoms with Crippen molar-refractivity contribution in [1.29, 1.82) is 0 Å². The van der Waals surface area contributed by atoms with Crippen LogP contribution in [0.3, 0.4) is 0 Å². The molecule has 1 saturated heterocycles. The molecule has 1 aromatic carbocycles. The molecule has 1 amide bonds. The summed E-state index contributed by atoms with van der Waals surface area (Å²) in [4.78, 5) is 16.7. The third-order valence-electron chi connectivity index (χ3n) is 5.36. The summed E-state index contributed by atoms with van der Waals surface area (Å²) in [6, 6.07) is 3.53. The predicted octanol–water partition coefficient (Wildman–Crippen LogP) is 1.73. The van der Waals surface area contributed by atoms with Gasteiger partial charge in [0, 0.05) is 32.7 Å². The lowest BCUT2D eigenvalue weighted by Crippen LogP contribution is -2.54. The Morgan fingerprint density at radius 3 is 2.07 bits per heavy atom. The maximum absolute atomic E-state index is 12.5. The molecule has 0 bridgehead atoms. The van der Waals surface area contributed by atoms with Crippen LogP contribution in [-0.4, -0.2) is 69.3 Å². The summed E-state index contributed by atoms with van der Waals surface area (Å²) in [7, 11) is 4.83. The Balaban J connectivity index is 1.98. The summed E-state index contributed by atoms with van der Waals surface area (Å²) in [5.41, 5.74) is 7.19. The van der Waals surface area contributed by atoms with Crippen LogP contribution in [0.1, 0.15) is 25.8 Å². The fourth-order valence-corrected chi connectivity index (χ4v) is 3.32. The molecule has 2 rings (SSSR count). The van der Waals surface area contributed by atoms with Crippen LogP contribution in [0.4, 0.5) is 0 Å². The number of carbonyl (C=O) groups is 1. The van der Waals surface area contributed by atoms with Gasteiger partial charge in [-0.15, -0.1) is 0 Å². The van der Waals surface area contributed by atoms with Crippen molar-refractivity contribution in [3.63, 3.8) is 0 Å². The first-order valence-corrected chi connectivity index (χ1v) is 9.50. The van der Waals surface area contributed by atoms with Crippen LogP contribution in [0.5, 0.6) is 17.2 Å². The smallest absolute Gasteiger partial charge is 0.239 e. The van der Waals surface area contributed by atoms with Crippen LogP contribution in [-0.2, 0) is 11.3 Å². The molecule has 1 fully saturated rings. The highest BCUT2D eigenvalue weighted by Crippen LogP contribution is 2.38. The lowest BCUT2D eigenvalue weighted by molar-refractivity contribution is -0.135. The van der Waals surface area contributed by atoms with Gasteiger partial charge in [-0.1, -0.05) is 20.3 Å². The van der Waals surface area contributed by atoms with E-state index in [-0.39, 0.29) is 11.8 Å². The zero-order valence-corrected chi connectivity index (χ0v) is 17.2. The molecular weight excluding hydrogens is 346 g/mol. The molecule has 0 radical (unpaired) electrons. The van der Waals surface area contributed by atoms with Crippen LogP contribution in [0.2, 0.25) is 0 Å². The second kappa shape index (κ2) is 9.80. The van der Waals surface area contributed by atoms with Crippen LogP contribution in [0.15, 0.2) is 12.1 Å². The molecule has 1 aliphatic heterocycles. The topological polar surface area (TPSA) is 77.3 Å². The zero-order valence-electron chi connectivity index (χ0n) is 17.2. The van der Waals surface area contributed by atoms with E-state index < -0.39 is 6.04 Å². The quantitative estimate of drug-likeness (QED) is 0.741. The average molecular weight is 380 g/mol. The molecule has 2 atom stereocenters. The van der Waals surface area contributed by atoms with Gasteiger partial charge in [0.15, 0.2) is 11.5 Å². The van der Waals surface area contributed by atoms with Crippen LogP contribution >= 0.6 is 0 Å². The second-order valence-corrected chi connectivity index (χ2v) is 7.05. The Labute approximate surface area is 162 Å². The van der Waals surface area contributed by atoms with Gasteiger partial charge in [0.2, 0.25) is 11.7 Å². The summed E-state index contributed by atoms with van der Waals surface area (Å²) >= 11 is 0. The fourth-order valence-electron chi connectivity index (χ4n) is 3.32. The highest BCUT2D eigenvalue weighted by Gasteiger charge is 2.28. The molecule has 27 heavy (non-hydrogen) atoms. The van der Waals surface area contributed by atoms with Gasteiger partial charge in [-0.3, -0.25) is 9.69 Å². The maximum Gasteiger partial charge on any atom is 0.239 e. The normalized spacial score (nSPS) is 17.3. The van der Waals surface area contributed by atoms with Gasteiger partial charge in [0.25, 0.3) is 0 Å².